The van der Waals surface area contributed by atoms with E-state index in [4.69, 9.17) is 10.5 Å². The average Bonchev–Trinajstić information content (AvgIpc) is 2.46. The van der Waals surface area contributed by atoms with Gasteiger partial charge in [0.25, 0.3) is 0 Å². The first-order valence-electron chi connectivity index (χ1n) is 6.78. The van der Waals surface area contributed by atoms with E-state index in [1.807, 2.05) is 36.5 Å². The number of nitrogens with two attached hydrogens (primary N) is 1. The van der Waals surface area contributed by atoms with Gasteiger partial charge in [0.1, 0.15) is 11.6 Å². The number of anilines is 1. The van der Waals surface area contributed by atoms with Crippen molar-refractivity contribution in [2.75, 3.05) is 18.1 Å². The number of rotatable bonds is 7. The molecule has 0 unspecified atom stereocenters. The molecule has 3 nitrogen and oxygen atoms in total. The molecule has 2 aromatic rings. The number of para-hydroxylation sites is 1. The van der Waals surface area contributed by atoms with Crippen molar-refractivity contribution in [3.05, 3.63) is 48.2 Å². The Morgan fingerprint density at radius 2 is 2.00 bits per heavy atom. The molecular formula is C16H20N2OS. The van der Waals surface area contributed by atoms with Crippen molar-refractivity contribution < 1.29 is 4.74 Å². The molecule has 0 saturated heterocycles. The van der Waals surface area contributed by atoms with E-state index in [9.17, 15) is 0 Å². The fourth-order valence-electron chi connectivity index (χ4n) is 1.77. The quantitative estimate of drug-likeness (QED) is 0.619. The molecule has 0 fully saturated rings. The Labute approximate surface area is 124 Å². The first-order valence-corrected chi connectivity index (χ1v) is 7.77. The van der Waals surface area contributed by atoms with E-state index in [0.717, 1.165) is 31.0 Å². The summed E-state index contributed by atoms with van der Waals surface area (Å²) in [6.45, 7) is 2.84. The fourth-order valence-corrected chi connectivity index (χ4v) is 2.65. The Balaban J connectivity index is 1.60. The second kappa shape index (κ2) is 7.80. The first kappa shape index (κ1) is 14.7. The summed E-state index contributed by atoms with van der Waals surface area (Å²) in [6.07, 6.45) is 4.01. The summed E-state index contributed by atoms with van der Waals surface area (Å²) >= 11 is 1.80. The van der Waals surface area contributed by atoms with Crippen molar-refractivity contribution >= 4 is 17.6 Å². The predicted molar refractivity (Wildman–Crippen MR) is 85.3 cm³/mol. The lowest BCUT2D eigenvalue weighted by Gasteiger charge is -2.08. The van der Waals surface area contributed by atoms with Crippen LogP contribution >= 0.6 is 11.8 Å². The number of unbranched alkanes of at least 4 members (excludes halogenated alkanes) is 1. The number of nitrogens with zero attached hydrogens (tertiary/aromatic N) is 1. The molecule has 0 radical (unpaired) electrons. The van der Waals surface area contributed by atoms with Gasteiger partial charge in [-0.2, -0.15) is 0 Å². The molecule has 0 bridgehead atoms. The molecule has 106 valence electrons. The predicted octanol–water partition coefficient (Wildman–Crippen LogP) is 3.92. The van der Waals surface area contributed by atoms with E-state index in [-0.39, 0.29) is 0 Å². The molecule has 0 atom stereocenters. The van der Waals surface area contributed by atoms with Crippen molar-refractivity contribution in [1.82, 2.24) is 4.98 Å². The van der Waals surface area contributed by atoms with Crippen molar-refractivity contribution in [3.63, 3.8) is 0 Å². The standard InChI is InChI=1S/C16H20N2OS/c1-13-6-2-3-7-15(13)19-10-4-5-11-20-14-8-9-16(17)18-12-14/h2-3,6-9,12H,4-5,10-11H2,1H3,(H2,17,18). The Hall–Kier alpha value is -1.68. The normalized spacial score (nSPS) is 10.4. The number of pyridine rings is 1. The van der Waals surface area contributed by atoms with E-state index < -0.39 is 0 Å². The number of thioether (sulfide) groups is 1. The Bertz CT molecular complexity index is 528. The lowest BCUT2D eigenvalue weighted by Crippen LogP contribution is -1.99. The van der Waals surface area contributed by atoms with Crippen LogP contribution in [0.3, 0.4) is 0 Å². The van der Waals surface area contributed by atoms with Gasteiger partial charge >= 0.3 is 0 Å². The zero-order valence-electron chi connectivity index (χ0n) is 11.7. The molecule has 0 aliphatic rings. The van der Waals surface area contributed by atoms with Gasteiger partial charge in [0.15, 0.2) is 0 Å². The van der Waals surface area contributed by atoms with Crippen LogP contribution in [0.4, 0.5) is 5.82 Å². The summed E-state index contributed by atoms with van der Waals surface area (Å²) in [5, 5.41) is 0. The van der Waals surface area contributed by atoms with Crippen LogP contribution in [-0.4, -0.2) is 17.3 Å². The highest BCUT2D eigenvalue weighted by Crippen LogP contribution is 2.20. The van der Waals surface area contributed by atoms with Crippen LogP contribution in [0.2, 0.25) is 0 Å². The summed E-state index contributed by atoms with van der Waals surface area (Å²) in [5.74, 6) is 2.63. The molecule has 0 aliphatic heterocycles. The SMILES string of the molecule is Cc1ccccc1OCCCCSc1ccc(N)nc1. The third-order valence-electron chi connectivity index (χ3n) is 2.92. The maximum atomic E-state index is 5.77. The van der Waals surface area contributed by atoms with Gasteiger partial charge in [-0.15, -0.1) is 11.8 Å². The van der Waals surface area contributed by atoms with Crippen molar-refractivity contribution in [2.45, 2.75) is 24.7 Å². The highest BCUT2D eigenvalue weighted by atomic mass is 32.2. The first-order chi connectivity index (χ1) is 9.75. The van der Waals surface area contributed by atoms with Gasteiger partial charge in [-0.1, -0.05) is 18.2 Å². The van der Waals surface area contributed by atoms with Gasteiger partial charge in [-0.05, 0) is 49.3 Å². The van der Waals surface area contributed by atoms with Gasteiger partial charge in [0.05, 0.1) is 6.61 Å². The summed E-state index contributed by atoms with van der Waals surface area (Å²) in [4.78, 5) is 5.24. The second-order valence-electron chi connectivity index (χ2n) is 4.59. The van der Waals surface area contributed by atoms with E-state index in [1.165, 1.54) is 10.5 Å². The second-order valence-corrected chi connectivity index (χ2v) is 5.76. The number of hydrogen-bond acceptors (Lipinski definition) is 4. The Kier molecular flexibility index (Phi) is 5.74. The van der Waals surface area contributed by atoms with E-state index in [1.54, 1.807) is 11.8 Å². The van der Waals surface area contributed by atoms with Crippen LogP contribution in [0.25, 0.3) is 0 Å². The maximum Gasteiger partial charge on any atom is 0.123 e. The summed E-state index contributed by atoms with van der Waals surface area (Å²) in [5.41, 5.74) is 6.74. The highest BCUT2D eigenvalue weighted by Gasteiger charge is 1.98. The van der Waals surface area contributed by atoms with Gasteiger partial charge in [0.2, 0.25) is 0 Å². The molecule has 0 saturated carbocycles. The van der Waals surface area contributed by atoms with Gasteiger partial charge in [-0.3, -0.25) is 0 Å². The van der Waals surface area contributed by atoms with Gasteiger partial charge < -0.3 is 10.5 Å². The van der Waals surface area contributed by atoms with Crippen LogP contribution in [-0.2, 0) is 0 Å². The molecule has 1 aromatic carbocycles. The fraction of sp³-hybridized carbons (Fsp3) is 0.312. The van der Waals surface area contributed by atoms with Crippen LogP contribution < -0.4 is 10.5 Å². The monoisotopic (exact) mass is 288 g/mol. The number of aryl methyl sites for hydroxylation is 1. The molecule has 1 heterocycles. The molecule has 0 amide bonds. The molecule has 0 aliphatic carbocycles. The number of aromatic nitrogens is 1. The molecule has 2 N–H and O–H groups in total. The highest BCUT2D eigenvalue weighted by molar-refractivity contribution is 7.99. The third-order valence-corrected chi connectivity index (χ3v) is 3.99. The smallest absolute Gasteiger partial charge is 0.123 e. The number of benzene rings is 1. The lowest BCUT2D eigenvalue weighted by molar-refractivity contribution is 0.308. The van der Waals surface area contributed by atoms with E-state index >= 15 is 0 Å². The molecule has 20 heavy (non-hydrogen) atoms. The zero-order chi connectivity index (χ0) is 14.2. The summed E-state index contributed by atoms with van der Waals surface area (Å²) < 4.78 is 5.77. The Morgan fingerprint density at radius 3 is 2.75 bits per heavy atom. The molecular weight excluding hydrogens is 268 g/mol. The minimum Gasteiger partial charge on any atom is -0.493 e. The molecule has 1 aromatic heterocycles. The summed E-state index contributed by atoms with van der Waals surface area (Å²) in [7, 11) is 0. The lowest BCUT2D eigenvalue weighted by atomic mass is 10.2. The van der Waals surface area contributed by atoms with Gasteiger partial charge in [0, 0.05) is 11.1 Å². The minimum atomic E-state index is 0.570. The third kappa shape index (κ3) is 4.78. The average molecular weight is 288 g/mol. The molecule has 2 rings (SSSR count). The van der Waals surface area contributed by atoms with Crippen LogP contribution in [0.1, 0.15) is 18.4 Å². The Morgan fingerprint density at radius 1 is 1.15 bits per heavy atom. The van der Waals surface area contributed by atoms with E-state index in [0.29, 0.717) is 5.82 Å². The van der Waals surface area contributed by atoms with E-state index in [2.05, 4.69) is 18.0 Å². The zero-order valence-corrected chi connectivity index (χ0v) is 12.5. The summed E-state index contributed by atoms with van der Waals surface area (Å²) in [6, 6.07) is 12.0. The van der Waals surface area contributed by atoms with Crippen molar-refractivity contribution in [1.29, 1.82) is 0 Å². The number of hydrogen-bond donors (Lipinski definition) is 1. The maximum absolute atomic E-state index is 5.77. The minimum absolute atomic E-state index is 0.570. The largest absolute Gasteiger partial charge is 0.493 e. The molecule has 0 spiro atoms. The van der Waals surface area contributed by atoms with Crippen molar-refractivity contribution in [3.8, 4) is 5.75 Å². The number of nitrogen functional groups attached to an aromatic ring is 1. The molecule has 4 heteroatoms. The number of ether oxygens (including phenoxy) is 1. The van der Waals surface area contributed by atoms with Crippen LogP contribution in [0.5, 0.6) is 5.75 Å². The van der Waals surface area contributed by atoms with Gasteiger partial charge in [-0.25, -0.2) is 4.98 Å². The van der Waals surface area contributed by atoms with Crippen LogP contribution in [0, 0.1) is 6.92 Å². The topological polar surface area (TPSA) is 48.1 Å². The van der Waals surface area contributed by atoms with Crippen molar-refractivity contribution in [2.24, 2.45) is 0 Å². The van der Waals surface area contributed by atoms with Crippen LogP contribution in [0.15, 0.2) is 47.5 Å².